The van der Waals surface area contributed by atoms with Crippen LogP contribution in [0.25, 0.3) is 0 Å². The van der Waals surface area contributed by atoms with Crippen molar-refractivity contribution < 1.29 is 9.66 Å². The molecule has 1 aliphatic carbocycles. The van der Waals surface area contributed by atoms with Gasteiger partial charge in [-0.15, -0.1) is 0 Å². The van der Waals surface area contributed by atoms with E-state index in [1.54, 1.807) is 0 Å². The molecule has 1 aromatic rings. The third kappa shape index (κ3) is 3.84. The van der Waals surface area contributed by atoms with E-state index in [1.165, 1.54) is 13.5 Å². The first-order valence-electron chi connectivity index (χ1n) is 8.01. The number of methoxy groups -OCH3 is 1. The summed E-state index contributed by atoms with van der Waals surface area (Å²) in [5.74, 6) is 1.28. The Bertz CT molecular complexity index is 516. The second-order valence-corrected chi connectivity index (χ2v) is 5.66. The highest BCUT2D eigenvalue weighted by Gasteiger charge is 2.28. The van der Waals surface area contributed by atoms with Crippen LogP contribution in [0.5, 0.6) is 5.88 Å². The molecule has 1 saturated carbocycles. The Hall–Kier alpha value is -1.92. The van der Waals surface area contributed by atoms with Crippen molar-refractivity contribution in [3.05, 3.63) is 15.9 Å². The van der Waals surface area contributed by atoms with Crippen molar-refractivity contribution in [1.82, 2.24) is 9.97 Å². The number of aromatic nitrogens is 2. The predicted octanol–water partition coefficient (Wildman–Crippen LogP) is 3.65. The van der Waals surface area contributed by atoms with Gasteiger partial charge >= 0.3 is 5.69 Å². The highest BCUT2D eigenvalue weighted by atomic mass is 16.6. The third-order valence-corrected chi connectivity index (χ3v) is 4.04. The number of nitro groups is 1. The topological polar surface area (TPSA) is 90.2 Å². The van der Waals surface area contributed by atoms with Gasteiger partial charge in [-0.1, -0.05) is 32.6 Å². The molecule has 1 N–H and O–H groups in total. The lowest BCUT2D eigenvalue weighted by atomic mass is 9.88. The van der Waals surface area contributed by atoms with Gasteiger partial charge in [-0.3, -0.25) is 10.1 Å². The largest absolute Gasteiger partial charge is 0.476 e. The van der Waals surface area contributed by atoms with Gasteiger partial charge < -0.3 is 10.1 Å². The predicted molar refractivity (Wildman–Crippen MR) is 84.5 cm³/mol. The minimum absolute atomic E-state index is 0.0552. The number of hydrogen-bond donors (Lipinski definition) is 1. The fourth-order valence-corrected chi connectivity index (χ4v) is 2.81. The van der Waals surface area contributed by atoms with Gasteiger partial charge in [0.25, 0.3) is 5.88 Å². The fraction of sp³-hybridized carbons (Fsp3) is 0.733. The van der Waals surface area contributed by atoms with Gasteiger partial charge in [-0.2, -0.15) is 4.98 Å². The van der Waals surface area contributed by atoms with Crippen LogP contribution in [-0.2, 0) is 0 Å². The first kappa shape index (κ1) is 16.5. The summed E-state index contributed by atoms with van der Waals surface area (Å²) in [5.41, 5.74) is -0.168. The monoisotopic (exact) mass is 308 g/mol. The van der Waals surface area contributed by atoms with Crippen molar-refractivity contribution in [3.8, 4) is 5.88 Å². The van der Waals surface area contributed by atoms with Gasteiger partial charge in [0, 0.05) is 12.5 Å². The summed E-state index contributed by atoms with van der Waals surface area (Å²) in [6, 6.07) is 0. The molecule has 1 fully saturated rings. The molecule has 0 radical (unpaired) electrons. The average molecular weight is 308 g/mol. The van der Waals surface area contributed by atoms with Gasteiger partial charge in [0.2, 0.25) is 5.82 Å². The van der Waals surface area contributed by atoms with Crippen LogP contribution in [0.3, 0.4) is 0 Å². The zero-order chi connectivity index (χ0) is 15.9. The minimum Gasteiger partial charge on any atom is -0.476 e. The molecule has 22 heavy (non-hydrogen) atoms. The molecule has 0 amide bonds. The van der Waals surface area contributed by atoms with E-state index in [-0.39, 0.29) is 23.3 Å². The highest BCUT2D eigenvalue weighted by Crippen LogP contribution is 2.37. The summed E-state index contributed by atoms with van der Waals surface area (Å²) in [7, 11) is 1.41. The number of hydrogen-bond acceptors (Lipinski definition) is 6. The first-order chi connectivity index (χ1) is 10.7. The lowest BCUT2D eigenvalue weighted by molar-refractivity contribution is -0.385. The van der Waals surface area contributed by atoms with Gasteiger partial charge in [-0.05, 0) is 19.3 Å². The van der Waals surface area contributed by atoms with E-state index in [1.807, 2.05) is 0 Å². The smallest absolute Gasteiger partial charge is 0.372 e. The van der Waals surface area contributed by atoms with Crippen LogP contribution in [0.15, 0.2) is 0 Å². The molecule has 0 atom stereocenters. The molecule has 7 nitrogen and oxygen atoms in total. The molecule has 0 aromatic carbocycles. The van der Waals surface area contributed by atoms with Crippen molar-refractivity contribution in [2.24, 2.45) is 0 Å². The van der Waals surface area contributed by atoms with Gasteiger partial charge in [0.1, 0.15) is 5.82 Å². The van der Waals surface area contributed by atoms with Crippen molar-refractivity contribution in [2.45, 2.75) is 57.8 Å². The van der Waals surface area contributed by atoms with Crippen LogP contribution in [0, 0.1) is 10.1 Å². The quantitative estimate of drug-likeness (QED) is 0.469. The Morgan fingerprint density at radius 3 is 2.64 bits per heavy atom. The zero-order valence-corrected chi connectivity index (χ0v) is 13.3. The summed E-state index contributed by atoms with van der Waals surface area (Å²) in [5, 5.41) is 14.4. The Labute approximate surface area is 130 Å². The van der Waals surface area contributed by atoms with Crippen LogP contribution >= 0.6 is 0 Å². The van der Waals surface area contributed by atoms with Crippen molar-refractivity contribution >= 4 is 11.5 Å². The van der Waals surface area contributed by atoms with Crippen LogP contribution in [-0.4, -0.2) is 28.5 Å². The zero-order valence-electron chi connectivity index (χ0n) is 13.3. The summed E-state index contributed by atoms with van der Waals surface area (Å²) in [6.45, 7) is 2.73. The molecule has 122 valence electrons. The summed E-state index contributed by atoms with van der Waals surface area (Å²) >= 11 is 0. The molecule has 0 spiro atoms. The SMILES string of the molecule is CCCCNc1nc(C2CCCCC2)nc(OC)c1[N+](=O)[O-]. The van der Waals surface area contributed by atoms with Crippen molar-refractivity contribution in [1.29, 1.82) is 0 Å². The van der Waals surface area contributed by atoms with E-state index in [2.05, 4.69) is 22.2 Å². The maximum absolute atomic E-state index is 11.3. The molecular weight excluding hydrogens is 284 g/mol. The van der Waals surface area contributed by atoms with E-state index in [0.717, 1.165) is 38.5 Å². The van der Waals surface area contributed by atoms with Crippen molar-refractivity contribution in [2.75, 3.05) is 19.0 Å². The number of rotatable bonds is 7. The highest BCUT2D eigenvalue weighted by molar-refractivity contribution is 5.61. The Balaban J connectivity index is 2.34. The number of ether oxygens (including phenoxy) is 1. The summed E-state index contributed by atoms with van der Waals surface area (Å²) < 4.78 is 5.15. The molecule has 2 rings (SSSR count). The number of anilines is 1. The van der Waals surface area contributed by atoms with E-state index < -0.39 is 4.92 Å². The van der Waals surface area contributed by atoms with E-state index in [4.69, 9.17) is 4.74 Å². The van der Waals surface area contributed by atoms with Crippen LogP contribution < -0.4 is 10.1 Å². The van der Waals surface area contributed by atoms with Gasteiger partial charge in [-0.25, -0.2) is 4.98 Å². The average Bonchev–Trinajstić information content (AvgIpc) is 2.54. The number of nitrogens with zero attached hydrogens (tertiary/aromatic N) is 3. The molecule has 0 unspecified atom stereocenters. The van der Waals surface area contributed by atoms with Crippen LogP contribution in [0.4, 0.5) is 11.5 Å². The van der Waals surface area contributed by atoms with Crippen LogP contribution in [0.1, 0.15) is 63.6 Å². The normalized spacial score (nSPS) is 15.5. The lowest BCUT2D eigenvalue weighted by Gasteiger charge is -2.21. The van der Waals surface area contributed by atoms with Gasteiger partial charge in [0.05, 0.1) is 12.0 Å². The summed E-state index contributed by atoms with van der Waals surface area (Å²) in [6.07, 6.45) is 7.57. The number of nitrogens with one attached hydrogen (secondary N) is 1. The van der Waals surface area contributed by atoms with E-state index >= 15 is 0 Å². The molecule has 0 bridgehead atoms. The maximum atomic E-state index is 11.3. The number of unbranched alkanes of at least 4 members (excludes halogenated alkanes) is 1. The van der Waals surface area contributed by atoms with Crippen LogP contribution in [0.2, 0.25) is 0 Å². The van der Waals surface area contributed by atoms with E-state index in [9.17, 15) is 10.1 Å². The lowest BCUT2D eigenvalue weighted by Crippen LogP contribution is -2.14. The second-order valence-electron chi connectivity index (χ2n) is 5.66. The molecular formula is C15H24N4O3. The first-order valence-corrected chi connectivity index (χ1v) is 8.01. The molecule has 1 aromatic heterocycles. The van der Waals surface area contributed by atoms with E-state index in [0.29, 0.717) is 12.4 Å². The Morgan fingerprint density at radius 2 is 2.05 bits per heavy atom. The van der Waals surface area contributed by atoms with Crippen molar-refractivity contribution in [3.63, 3.8) is 0 Å². The maximum Gasteiger partial charge on any atom is 0.372 e. The fourth-order valence-electron chi connectivity index (χ4n) is 2.81. The Morgan fingerprint density at radius 1 is 1.32 bits per heavy atom. The molecule has 0 saturated heterocycles. The molecule has 1 aliphatic rings. The molecule has 1 heterocycles. The van der Waals surface area contributed by atoms with Gasteiger partial charge in [0.15, 0.2) is 0 Å². The Kier molecular flexibility index (Phi) is 5.91. The second kappa shape index (κ2) is 7.91. The standard InChI is InChI=1S/C15H24N4O3/c1-3-4-10-16-14-12(19(20)21)15(22-2)18-13(17-14)11-8-6-5-7-9-11/h11H,3-10H2,1-2H3,(H,16,17,18). The third-order valence-electron chi connectivity index (χ3n) is 4.04. The molecule has 0 aliphatic heterocycles. The summed E-state index contributed by atoms with van der Waals surface area (Å²) in [4.78, 5) is 19.6. The molecule has 7 heteroatoms. The minimum atomic E-state index is -0.474.